The summed E-state index contributed by atoms with van der Waals surface area (Å²) in [4.78, 5) is 10.7. The molecule has 4 rings (SSSR count). The van der Waals surface area contributed by atoms with E-state index in [1.54, 1.807) is 0 Å². The van der Waals surface area contributed by atoms with Crippen molar-refractivity contribution in [3.05, 3.63) is 36.4 Å². The van der Waals surface area contributed by atoms with Gasteiger partial charge >= 0.3 is 0 Å². The van der Waals surface area contributed by atoms with Crippen LogP contribution in [0.25, 0.3) is 22.2 Å². The van der Waals surface area contributed by atoms with Crippen LogP contribution in [0.5, 0.6) is 0 Å². The van der Waals surface area contributed by atoms with Gasteiger partial charge in [-0.05, 0) is 63.6 Å². The maximum Gasteiger partial charge on any atom is 0.137 e. The molecule has 144 valence electrons. The van der Waals surface area contributed by atoms with Crippen molar-refractivity contribution >= 4 is 11.0 Å². The molecule has 3 heterocycles. The lowest BCUT2D eigenvalue weighted by Gasteiger charge is -2.38. The van der Waals surface area contributed by atoms with E-state index in [1.807, 2.05) is 17.9 Å². The molecule has 5 nitrogen and oxygen atoms in total. The zero-order valence-electron chi connectivity index (χ0n) is 16.9. The summed E-state index contributed by atoms with van der Waals surface area (Å²) in [5.41, 5.74) is 4.68. The van der Waals surface area contributed by atoms with Crippen molar-refractivity contribution < 1.29 is 0 Å². The molecule has 0 spiro atoms. The van der Waals surface area contributed by atoms with Gasteiger partial charge in [-0.2, -0.15) is 5.10 Å². The average molecular weight is 366 g/mol. The van der Waals surface area contributed by atoms with Crippen LogP contribution >= 0.6 is 0 Å². The first-order valence-electron chi connectivity index (χ1n) is 10.3. The van der Waals surface area contributed by atoms with Gasteiger partial charge < -0.3 is 4.98 Å². The smallest absolute Gasteiger partial charge is 0.137 e. The van der Waals surface area contributed by atoms with Crippen LogP contribution in [0.2, 0.25) is 0 Å². The maximum absolute atomic E-state index is 4.71. The molecule has 0 aromatic carbocycles. The summed E-state index contributed by atoms with van der Waals surface area (Å²) < 4.78 is 1.85. The van der Waals surface area contributed by atoms with E-state index in [-0.39, 0.29) is 0 Å². The fraction of sp³-hybridized carbons (Fsp3) is 0.545. The quantitative estimate of drug-likeness (QED) is 0.712. The molecule has 27 heavy (non-hydrogen) atoms. The molecule has 0 unspecified atom stereocenters. The fourth-order valence-electron chi connectivity index (χ4n) is 4.83. The topological polar surface area (TPSA) is 49.7 Å². The number of pyridine rings is 1. The van der Waals surface area contributed by atoms with Gasteiger partial charge in [0.1, 0.15) is 5.65 Å². The van der Waals surface area contributed by atoms with Crippen LogP contribution in [0.15, 0.2) is 30.9 Å². The van der Waals surface area contributed by atoms with E-state index >= 15 is 0 Å². The fourth-order valence-corrected chi connectivity index (χ4v) is 4.83. The summed E-state index contributed by atoms with van der Waals surface area (Å²) in [5, 5.41) is 5.52. The molecule has 0 radical (unpaired) electrons. The molecular weight excluding hydrogens is 334 g/mol. The third-order valence-corrected chi connectivity index (χ3v) is 6.23. The molecule has 3 aromatic rings. The normalized spacial score (nSPS) is 20.8. The minimum atomic E-state index is 0.626. The Morgan fingerprint density at radius 2 is 2.00 bits per heavy atom. The highest BCUT2D eigenvalue weighted by molar-refractivity contribution is 5.93. The average Bonchev–Trinajstić information content (AvgIpc) is 3.28. The largest absolute Gasteiger partial charge is 0.346 e. The monoisotopic (exact) mass is 365 g/mol. The van der Waals surface area contributed by atoms with E-state index in [4.69, 9.17) is 4.98 Å². The lowest BCUT2D eigenvalue weighted by atomic mass is 9.81. The summed E-state index contributed by atoms with van der Waals surface area (Å²) in [5.74, 6) is 0.626. The highest BCUT2D eigenvalue weighted by Crippen LogP contribution is 2.37. The van der Waals surface area contributed by atoms with Crippen LogP contribution in [0.1, 0.15) is 57.9 Å². The Hall–Kier alpha value is -2.14. The minimum Gasteiger partial charge on any atom is -0.346 e. The lowest BCUT2D eigenvalue weighted by molar-refractivity contribution is 0.122. The molecule has 0 atom stereocenters. The number of hydrogen-bond donors (Lipinski definition) is 1. The van der Waals surface area contributed by atoms with Crippen molar-refractivity contribution in [3.63, 3.8) is 0 Å². The summed E-state index contributed by atoms with van der Waals surface area (Å²) in [6, 6.07) is 3.73. The van der Waals surface area contributed by atoms with Crippen LogP contribution in [-0.4, -0.2) is 43.3 Å². The van der Waals surface area contributed by atoms with Crippen molar-refractivity contribution in [1.82, 2.24) is 24.6 Å². The van der Waals surface area contributed by atoms with Gasteiger partial charge in [-0.15, -0.1) is 0 Å². The molecule has 0 aliphatic heterocycles. The van der Waals surface area contributed by atoms with E-state index in [2.05, 4.69) is 60.4 Å². The Balaban J connectivity index is 1.55. The van der Waals surface area contributed by atoms with E-state index in [0.717, 1.165) is 23.8 Å². The number of aromatic nitrogens is 4. The number of hydrogen-bond acceptors (Lipinski definition) is 3. The first-order valence-corrected chi connectivity index (χ1v) is 10.3. The second-order valence-corrected chi connectivity index (χ2v) is 8.20. The molecule has 5 heteroatoms. The van der Waals surface area contributed by atoms with Crippen molar-refractivity contribution in [2.24, 2.45) is 7.05 Å². The second-order valence-electron chi connectivity index (χ2n) is 8.20. The number of H-pyrrole nitrogens is 1. The highest BCUT2D eigenvalue weighted by Gasteiger charge is 2.27. The number of rotatable bonds is 5. The Morgan fingerprint density at radius 1 is 1.22 bits per heavy atom. The molecular formula is C22H31N5. The summed E-state index contributed by atoms with van der Waals surface area (Å²) in [6.07, 6.45) is 13.2. The van der Waals surface area contributed by atoms with Crippen molar-refractivity contribution in [3.8, 4) is 11.1 Å². The van der Waals surface area contributed by atoms with Gasteiger partial charge in [0, 0.05) is 54.2 Å². The standard InChI is InChI=1S/C22H31N5/c1-5-27(15(2)3)19-8-6-16(7-9-19)17-10-20-21(13-24-22(20)23-11-17)18-12-25-26(4)14-18/h10-16,19H,5-9H2,1-4H3,(H,23,24). The second kappa shape index (κ2) is 7.47. The number of aryl methyl sites for hydroxylation is 1. The number of aromatic amines is 1. The summed E-state index contributed by atoms with van der Waals surface area (Å²) in [6.45, 7) is 8.08. The van der Waals surface area contributed by atoms with Crippen molar-refractivity contribution in [2.75, 3.05) is 6.54 Å². The summed E-state index contributed by atoms with van der Waals surface area (Å²) >= 11 is 0. The van der Waals surface area contributed by atoms with Crippen LogP contribution in [-0.2, 0) is 7.05 Å². The van der Waals surface area contributed by atoms with Crippen LogP contribution in [0, 0.1) is 0 Å². The predicted molar refractivity (Wildman–Crippen MR) is 111 cm³/mol. The number of fused-ring (bicyclic) bond motifs is 1. The molecule has 1 fully saturated rings. The SMILES string of the molecule is CCN(C(C)C)C1CCC(c2cnc3[nH]cc(-c4cnn(C)c4)c3c2)CC1. The zero-order valence-corrected chi connectivity index (χ0v) is 16.9. The Kier molecular flexibility index (Phi) is 5.04. The van der Waals surface area contributed by atoms with Gasteiger partial charge in [-0.1, -0.05) is 6.92 Å². The van der Waals surface area contributed by atoms with Crippen LogP contribution in [0.3, 0.4) is 0 Å². The van der Waals surface area contributed by atoms with E-state index in [9.17, 15) is 0 Å². The molecule has 0 saturated heterocycles. The molecule has 1 saturated carbocycles. The van der Waals surface area contributed by atoms with Gasteiger partial charge in [0.25, 0.3) is 0 Å². The number of nitrogens with one attached hydrogen (secondary N) is 1. The Labute approximate surface area is 161 Å². The predicted octanol–water partition coefficient (Wildman–Crippen LogP) is 4.72. The van der Waals surface area contributed by atoms with Gasteiger partial charge in [0.2, 0.25) is 0 Å². The Morgan fingerprint density at radius 3 is 2.63 bits per heavy atom. The molecule has 1 aliphatic carbocycles. The highest BCUT2D eigenvalue weighted by atomic mass is 15.2. The summed E-state index contributed by atoms with van der Waals surface area (Å²) in [7, 11) is 1.96. The molecule has 1 N–H and O–H groups in total. The molecule has 3 aromatic heterocycles. The van der Waals surface area contributed by atoms with E-state index < -0.39 is 0 Å². The number of nitrogens with zero attached hydrogens (tertiary/aromatic N) is 4. The van der Waals surface area contributed by atoms with Crippen LogP contribution in [0.4, 0.5) is 0 Å². The first kappa shape index (κ1) is 18.2. The Bertz CT molecular complexity index is 898. The van der Waals surface area contributed by atoms with E-state index in [0.29, 0.717) is 12.0 Å². The zero-order chi connectivity index (χ0) is 19.0. The van der Waals surface area contributed by atoms with Gasteiger partial charge in [0.05, 0.1) is 6.20 Å². The third-order valence-electron chi connectivity index (χ3n) is 6.23. The third kappa shape index (κ3) is 3.53. The van der Waals surface area contributed by atoms with Gasteiger partial charge in [0.15, 0.2) is 0 Å². The van der Waals surface area contributed by atoms with Crippen molar-refractivity contribution in [1.29, 1.82) is 0 Å². The lowest BCUT2D eigenvalue weighted by Crippen LogP contribution is -2.42. The van der Waals surface area contributed by atoms with Gasteiger partial charge in [-0.25, -0.2) is 4.98 Å². The molecule has 1 aliphatic rings. The van der Waals surface area contributed by atoms with Crippen molar-refractivity contribution in [2.45, 2.75) is 64.5 Å². The van der Waals surface area contributed by atoms with Crippen LogP contribution < -0.4 is 0 Å². The molecule has 0 amide bonds. The van der Waals surface area contributed by atoms with Gasteiger partial charge in [-0.3, -0.25) is 9.58 Å². The minimum absolute atomic E-state index is 0.626. The van der Waals surface area contributed by atoms with E-state index in [1.165, 1.54) is 42.2 Å². The molecule has 0 bridgehead atoms. The maximum atomic E-state index is 4.71. The first-order chi connectivity index (χ1) is 13.1.